The third-order valence-electron chi connectivity index (χ3n) is 5.02. The van der Waals surface area contributed by atoms with E-state index >= 15 is 0 Å². The number of aromatic nitrogens is 2. The van der Waals surface area contributed by atoms with Crippen molar-refractivity contribution in [2.45, 2.75) is 31.6 Å². The maximum absolute atomic E-state index is 13.1. The summed E-state index contributed by atoms with van der Waals surface area (Å²) in [6.07, 6.45) is 0.665. The van der Waals surface area contributed by atoms with Gasteiger partial charge in [-0.3, -0.25) is 14.2 Å². The van der Waals surface area contributed by atoms with Gasteiger partial charge in [0.25, 0.3) is 5.56 Å². The molecule has 0 spiro atoms. The van der Waals surface area contributed by atoms with Crippen LogP contribution in [0.25, 0.3) is 10.9 Å². The van der Waals surface area contributed by atoms with E-state index < -0.39 is 0 Å². The van der Waals surface area contributed by atoms with Gasteiger partial charge in [0, 0.05) is 31.3 Å². The second-order valence-electron chi connectivity index (χ2n) is 7.32. The highest BCUT2D eigenvalue weighted by molar-refractivity contribution is 7.99. The maximum Gasteiger partial charge on any atom is 0.262 e. The van der Waals surface area contributed by atoms with Gasteiger partial charge in [-0.05, 0) is 49.2 Å². The van der Waals surface area contributed by atoms with Crippen molar-refractivity contribution in [3.8, 4) is 11.5 Å². The third-order valence-corrected chi connectivity index (χ3v) is 6.23. The first-order valence-electron chi connectivity index (χ1n) is 10.6. The highest BCUT2D eigenvalue weighted by atomic mass is 35.5. The predicted octanol–water partition coefficient (Wildman–Crippen LogP) is 3.61. The van der Waals surface area contributed by atoms with Gasteiger partial charge in [0.05, 0.1) is 16.7 Å². The van der Waals surface area contributed by atoms with Gasteiger partial charge in [-0.2, -0.15) is 0 Å². The van der Waals surface area contributed by atoms with Crippen molar-refractivity contribution in [3.63, 3.8) is 0 Å². The minimum absolute atomic E-state index is 0.120. The fourth-order valence-electron chi connectivity index (χ4n) is 3.38. The second kappa shape index (κ2) is 10.9. The number of thioether (sulfide) groups is 1. The maximum atomic E-state index is 13.1. The van der Waals surface area contributed by atoms with Gasteiger partial charge in [0.1, 0.15) is 0 Å². The molecule has 1 N–H and O–H groups in total. The number of carbonyl (C=O) groups excluding carboxylic acids is 1. The van der Waals surface area contributed by atoms with E-state index in [2.05, 4.69) is 10.3 Å². The number of hydrogen-bond donors (Lipinski definition) is 1. The number of nitrogens with one attached hydrogen (secondary N) is 1. The summed E-state index contributed by atoms with van der Waals surface area (Å²) in [5.74, 6) is 1.32. The van der Waals surface area contributed by atoms with Crippen LogP contribution in [0, 0.1) is 0 Å². The average molecular weight is 490 g/mol. The molecule has 8 nitrogen and oxygen atoms in total. The third kappa shape index (κ3) is 5.79. The molecule has 3 aromatic rings. The Bertz CT molecular complexity index is 1220. The Morgan fingerprint density at radius 1 is 1.24 bits per heavy atom. The number of rotatable bonds is 10. The zero-order chi connectivity index (χ0) is 23.2. The molecule has 0 atom stereocenters. The van der Waals surface area contributed by atoms with E-state index in [9.17, 15) is 9.59 Å². The van der Waals surface area contributed by atoms with Crippen molar-refractivity contribution >= 4 is 40.2 Å². The number of ether oxygens (including phenoxy) is 3. The van der Waals surface area contributed by atoms with Crippen LogP contribution < -0.4 is 20.3 Å². The van der Waals surface area contributed by atoms with Crippen LogP contribution in [0.4, 0.5) is 0 Å². The summed E-state index contributed by atoms with van der Waals surface area (Å²) in [4.78, 5) is 30.2. The largest absolute Gasteiger partial charge is 0.454 e. The molecule has 10 heteroatoms. The highest BCUT2D eigenvalue weighted by Crippen LogP contribution is 2.32. The molecule has 1 aromatic heterocycles. The lowest BCUT2D eigenvalue weighted by molar-refractivity contribution is -0.118. The van der Waals surface area contributed by atoms with Crippen LogP contribution in [-0.4, -0.2) is 41.2 Å². The number of benzene rings is 2. The van der Waals surface area contributed by atoms with Crippen molar-refractivity contribution in [1.29, 1.82) is 0 Å². The molecule has 4 rings (SSSR count). The van der Waals surface area contributed by atoms with Gasteiger partial charge in [-0.1, -0.05) is 29.4 Å². The topological polar surface area (TPSA) is 91.7 Å². The first kappa shape index (κ1) is 23.4. The van der Waals surface area contributed by atoms with E-state index in [1.165, 1.54) is 11.8 Å². The van der Waals surface area contributed by atoms with Crippen LogP contribution in [0.15, 0.2) is 46.3 Å². The van der Waals surface area contributed by atoms with Gasteiger partial charge < -0.3 is 19.5 Å². The summed E-state index contributed by atoms with van der Waals surface area (Å²) >= 11 is 7.31. The summed E-state index contributed by atoms with van der Waals surface area (Å²) in [5, 5.41) is 4.36. The van der Waals surface area contributed by atoms with Crippen LogP contribution in [0.2, 0.25) is 5.02 Å². The Labute approximate surface area is 200 Å². The first-order valence-corrected chi connectivity index (χ1v) is 12.0. The van der Waals surface area contributed by atoms with Gasteiger partial charge in [-0.25, -0.2) is 4.98 Å². The highest BCUT2D eigenvalue weighted by Gasteiger charge is 2.15. The Hall–Kier alpha value is -2.75. The molecule has 2 heterocycles. The molecule has 0 bridgehead atoms. The van der Waals surface area contributed by atoms with Crippen molar-refractivity contribution < 1.29 is 19.0 Å². The summed E-state index contributed by atoms with van der Waals surface area (Å²) in [6.45, 7) is 4.11. The van der Waals surface area contributed by atoms with Crippen LogP contribution in [0.1, 0.15) is 18.9 Å². The number of nitrogens with zero attached hydrogens (tertiary/aromatic N) is 2. The monoisotopic (exact) mass is 489 g/mol. The molecule has 1 aliphatic heterocycles. The van der Waals surface area contributed by atoms with Crippen LogP contribution >= 0.6 is 23.4 Å². The lowest BCUT2D eigenvalue weighted by Gasteiger charge is -2.13. The van der Waals surface area contributed by atoms with E-state index in [1.807, 2.05) is 25.1 Å². The summed E-state index contributed by atoms with van der Waals surface area (Å²) in [5.41, 5.74) is 1.26. The SMILES string of the molecule is CCOCCCn1c(SCC(=O)NCc2ccc3c(c2)OCO3)nc2cc(Cl)ccc2c1=O. The Morgan fingerprint density at radius 2 is 2.09 bits per heavy atom. The van der Waals surface area contributed by atoms with Gasteiger partial charge in [0.2, 0.25) is 12.7 Å². The fourth-order valence-corrected chi connectivity index (χ4v) is 4.40. The Morgan fingerprint density at radius 3 is 2.94 bits per heavy atom. The number of fused-ring (bicyclic) bond motifs is 2. The van der Waals surface area contributed by atoms with Crippen molar-refractivity contribution in [2.75, 3.05) is 25.8 Å². The van der Waals surface area contributed by atoms with E-state index in [1.54, 1.807) is 22.8 Å². The number of carbonyl (C=O) groups is 1. The molecule has 0 radical (unpaired) electrons. The van der Waals surface area contributed by atoms with E-state index in [-0.39, 0.29) is 24.0 Å². The van der Waals surface area contributed by atoms with Gasteiger partial charge >= 0.3 is 0 Å². The quantitative estimate of drug-likeness (QED) is 0.264. The molecule has 2 aromatic carbocycles. The lowest BCUT2D eigenvalue weighted by Crippen LogP contribution is -2.27. The molecule has 1 aliphatic rings. The number of hydrogen-bond acceptors (Lipinski definition) is 7. The first-order chi connectivity index (χ1) is 16.0. The molecule has 33 heavy (non-hydrogen) atoms. The molecular formula is C23H24ClN3O5S. The van der Waals surface area contributed by atoms with Gasteiger partial charge in [-0.15, -0.1) is 0 Å². The molecule has 1 amide bonds. The second-order valence-corrected chi connectivity index (χ2v) is 8.70. The van der Waals surface area contributed by atoms with Crippen molar-refractivity contribution in [3.05, 3.63) is 57.3 Å². The molecule has 0 saturated heterocycles. The fraction of sp³-hybridized carbons (Fsp3) is 0.348. The molecular weight excluding hydrogens is 466 g/mol. The smallest absolute Gasteiger partial charge is 0.262 e. The normalized spacial score (nSPS) is 12.3. The summed E-state index contributed by atoms with van der Waals surface area (Å²) in [7, 11) is 0. The molecule has 174 valence electrons. The molecule has 0 unspecified atom stereocenters. The van der Waals surface area contributed by atoms with Crippen molar-refractivity contribution in [1.82, 2.24) is 14.9 Å². The Balaban J connectivity index is 1.44. The number of halogens is 1. The summed E-state index contributed by atoms with van der Waals surface area (Å²) in [6, 6.07) is 10.6. The van der Waals surface area contributed by atoms with Crippen LogP contribution in [-0.2, 0) is 22.6 Å². The van der Waals surface area contributed by atoms with E-state index in [0.29, 0.717) is 65.3 Å². The lowest BCUT2D eigenvalue weighted by atomic mass is 10.2. The average Bonchev–Trinajstić information content (AvgIpc) is 3.28. The molecule has 0 fully saturated rings. The van der Waals surface area contributed by atoms with Crippen LogP contribution in [0.3, 0.4) is 0 Å². The van der Waals surface area contributed by atoms with Crippen LogP contribution in [0.5, 0.6) is 11.5 Å². The predicted molar refractivity (Wildman–Crippen MR) is 127 cm³/mol. The standard InChI is InChI=1S/C23H24ClN3O5S/c1-2-30-9-3-8-27-22(29)17-6-5-16(24)11-18(17)26-23(27)33-13-21(28)25-12-15-4-7-19-20(10-15)32-14-31-19/h4-7,10-11H,2-3,8-9,12-14H2,1H3,(H,25,28). The zero-order valence-electron chi connectivity index (χ0n) is 18.1. The molecule has 0 saturated carbocycles. The zero-order valence-corrected chi connectivity index (χ0v) is 19.7. The minimum Gasteiger partial charge on any atom is -0.454 e. The van der Waals surface area contributed by atoms with Gasteiger partial charge in [0.15, 0.2) is 16.7 Å². The molecule has 0 aliphatic carbocycles. The van der Waals surface area contributed by atoms with E-state index in [4.69, 9.17) is 25.8 Å². The number of amides is 1. The minimum atomic E-state index is -0.168. The summed E-state index contributed by atoms with van der Waals surface area (Å²) < 4.78 is 17.7. The van der Waals surface area contributed by atoms with Crippen molar-refractivity contribution in [2.24, 2.45) is 0 Å². The van der Waals surface area contributed by atoms with E-state index in [0.717, 1.165) is 5.56 Å². The Kier molecular flexibility index (Phi) is 7.74.